The lowest BCUT2D eigenvalue weighted by Gasteiger charge is -2.12. The van der Waals surface area contributed by atoms with Crippen molar-refractivity contribution in [1.82, 2.24) is 0 Å². The summed E-state index contributed by atoms with van der Waals surface area (Å²) in [5.74, 6) is 0. The number of hydrogen-bond donors (Lipinski definition) is 1. The van der Waals surface area contributed by atoms with Crippen LogP contribution in [0.2, 0.25) is 0 Å². The van der Waals surface area contributed by atoms with Crippen LogP contribution in [0.4, 0.5) is 0 Å². The third-order valence-corrected chi connectivity index (χ3v) is 5.19. The number of ether oxygens (including phenoxy) is 3. The van der Waals surface area contributed by atoms with Gasteiger partial charge in [-0.05, 0) is 6.42 Å². The molecule has 182 valence electrons. The molecule has 0 spiro atoms. The Bertz CT molecular complexity index is 299. The van der Waals surface area contributed by atoms with Gasteiger partial charge in [0.25, 0.3) is 0 Å². The molecule has 0 aromatic heterocycles. The minimum Gasteiger partial charge on any atom is -0.394 e. The quantitative estimate of drug-likeness (QED) is 0.111. The van der Waals surface area contributed by atoms with Gasteiger partial charge in [0.1, 0.15) is 12.7 Å². The Hall–Kier alpha value is -0.240. The molecule has 0 aromatic carbocycles. The van der Waals surface area contributed by atoms with Crippen molar-refractivity contribution in [2.75, 3.05) is 53.4 Å². The molecule has 0 rings (SSSR count). The molecule has 0 aromatic rings. The summed E-state index contributed by atoms with van der Waals surface area (Å²) in [6.45, 7) is 5.13. The van der Waals surface area contributed by atoms with Gasteiger partial charge in [-0.1, -0.05) is 90.4 Å². The number of hydrogen-bond acceptors (Lipinski definition) is 6. The molecule has 0 aliphatic rings. The van der Waals surface area contributed by atoms with E-state index in [2.05, 4.69) is 6.92 Å². The van der Waals surface area contributed by atoms with Gasteiger partial charge in [-0.25, -0.2) is 9.78 Å². The predicted octanol–water partition coefficient (Wildman–Crippen LogP) is 5.46. The molecule has 6 nitrogen and oxygen atoms in total. The summed E-state index contributed by atoms with van der Waals surface area (Å²) in [4.78, 5) is 10.3. The molecular formula is C24H50O6. The highest BCUT2D eigenvalue weighted by molar-refractivity contribution is 4.51. The molecule has 30 heavy (non-hydrogen) atoms. The smallest absolute Gasteiger partial charge is 0.106 e. The van der Waals surface area contributed by atoms with Crippen molar-refractivity contribution in [3.63, 3.8) is 0 Å². The second-order valence-electron chi connectivity index (χ2n) is 7.97. The van der Waals surface area contributed by atoms with Crippen molar-refractivity contribution in [3.8, 4) is 0 Å². The van der Waals surface area contributed by atoms with Gasteiger partial charge >= 0.3 is 0 Å². The van der Waals surface area contributed by atoms with Gasteiger partial charge in [-0.15, -0.1) is 0 Å². The van der Waals surface area contributed by atoms with Gasteiger partial charge in [-0.2, -0.15) is 0 Å². The maximum Gasteiger partial charge on any atom is 0.106 e. The fraction of sp³-hybridized carbons (Fsp3) is 1.00. The van der Waals surface area contributed by atoms with Gasteiger partial charge in [0.2, 0.25) is 0 Å². The van der Waals surface area contributed by atoms with Crippen molar-refractivity contribution >= 4 is 0 Å². The standard InChI is InChI=1S/C24H50O6/c1-3-4-5-6-7-8-9-10-11-12-13-14-15-16-17-29-30-21-20-27-18-19-28-23-24(22-25)26-2/h24-25H,3-23H2,1-2H3. The van der Waals surface area contributed by atoms with Gasteiger partial charge < -0.3 is 19.3 Å². The first-order valence-corrected chi connectivity index (χ1v) is 12.4. The molecule has 0 heterocycles. The van der Waals surface area contributed by atoms with Crippen molar-refractivity contribution < 1.29 is 29.1 Å². The van der Waals surface area contributed by atoms with Gasteiger partial charge in [-0.3, -0.25) is 0 Å². The van der Waals surface area contributed by atoms with Crippen LogP contribution in [-0.2, 0) is 24.0 Å². The summed E-state index contributed by atoms with van der Waals surface area (Å²) in [6.07, 6.45) is 18.7. The number of aliphatic hydroxyl groups excluding tert-OH is 1. The topological polar surface area (TPSA) is 66.4 Å². The zero-order chi connectivity index (χ0) is 22.0. The Balaban J connectivity index is 3.03. The molecule has 0 fully saturated rings. The summed E-state index contributed by atoms with van der Waals surface area (Å²) < 4.78 is 15.7. The summed E-state index contributed by atoms with van der Waals surface area (Å²) in [6, 6.07) is 0. The van der Waals surface area contributed by atoms with Crippen molar-refractivity contribution in [2.45, 2.75) is 103 Å². The third kappa shape index (κ3) is 24.0. The lowest BCUT2D eigenvalue weighted by atomic mass is 10.0. The maximum absolute atomic E-state index is 8.94. The fourth-order valence-corrected chi connectivity index (χ4v) is 3.20. The number of unbranched alkanes of at least 4 members (excludes halogenated alkanes) is 13. The third-order valence-electron chi connectivity index (χ3n) is 5.19. The van der Waals surface area contributed by atoms with Crippen LogP contribution in [-0.4, -0.2) is 64.6 Å². The molecule has 0 saturated carbocycles. The molecule has 0 amide bonds. The van der Waals surface area contributed by atoms with E-state index in [-0.39, 0.29) is 12.7 Å². The molecule has 1 atom stereocenters. The van der Waals surface area contributed by atoms with Crippen molar-refractivity contribution in [1.29, 1.82) is 0 Å². The Morgan fingerprint density at radius 1 is 0.567 bits per heavy atom. The normalized spacial score (nSPS) is 12.5. The Labute approximate surface area is 185 Å². The van der Waals surface area contributed by atoms with Gasteiger partial charge in [0.05, 0.1) is 39.6 Å². The second-order valence-corrected chi connectivity index (χ2v) is 7.97. The Morgan fingerprint density at radius 2 is 1.03 bits per heavy atom. The number of rotatable bonds is 26. The molecule has 0 bridgehead atoms. The highest BCUT2D eigenvalue weighted by Crippen LogP contribution is 2.12. The highest BCUT2D eigenvalue weighted by atomic mass is 17.2. The molecular weight excluding hydrogens is 384 g/mol. The van der Waals surface area contributed by atoms with Crippen LogP contribution < -0.4 is 0 Å². The summed E-state index contributed by atoms with van der Waals surface area (Å²) in [5, 5.41) is 8.94. The van der Waals surface area contributed by atoms with Gasteiger partial charge in [0, 0.05) is 7.11 Å². The molecule has 6 heteroatoms. The van der Waals surface area contributed by atoms with Crippen LogP contribution >= 0.6 is 0 Å². The zero-order valence-corrected chi connectivity index (χ0v) is 19.9. The SMILES string of the molecule is CCCCCCCCCCCCCCCCOOCCOCCOCC(CO)OC. The molecule has 0 radical (unpaired) electrons. The molecule has 1 unspecified atom stereocenters. The van der Waals surface area contributed by atoms with Crippen molar-refractivity contribution in [2.24, 2.45) is 0 Å². The van der Waals surface area contributed by atoms with E-state index in [1.807, 2.05) is 0 Å². The minimum atomic E-state index is -0.267. The van der Waals surface area contributed by atoms with Crippen LogP contribution in [0.5, 0.6) is 0 Å². The van der Waals surface area contributed by atoms with E-state index in [4.69, 9.17) is 29.1 Å². The molecule has 0 saturated heterocycles. The summed E-state index contributed by atoms with van der Waals surface area (Å²) in [7, 11) is 1.55. The van der Waals surface area contributed by atoms with Crippen LogP contribution in [0.3, 0.4) is 0 Å². The first-order valence-electron chi connectivity index (χ1n) is 12.4. The molecule has 0 aliphatic carbocycles. The van der Waals surface area contributed by atoms with Crippen LogP contribution in [0.25, 0.3) is 0 Å². The van der Waals surface area contributed by atoms with Crippen LogP contribution in [0.15, 0.2) is 0 Å². The highest BCUT2D eigenvalue weighted by Gasteiger charge is 2.04. The first kappa shape index (κ1) is 29.8. The molecule has 0 aliphatic heterocycles. The zero-order valence-electron chi connectivity index (χ0n) is 19.9. The first-order chi connectivity index (χ1) is 14.8. The average Bonchev–Trinajstić information content (AvgIpc) is 2.77. The number of methoxy groups -OCH3 is 1. The Kier molecular flexibility index (Phi) is 26.6. The summed E-state index contributed by atoms with van der Waals surface area (Å²) >= 11 is 0. The maximum atomic E-state index is 8.94. The van der Waals surface area contributed by atoms with Gasteiger partial charge in [0.15, 0.2) is 0 Å². The second kappa shape index (κ2) is 26.8. The predicted molar refractivity (Wildman–Crippen MR) is 122 cm³/mol. The van der Waals surface area contributed by atoms with E-state index >= 15 is 0 Å². The van der Waals surface area contributed by atoms with E-state index in [0.717, 1.165) is 6.42 Å². The minimum absolute atomic E-state index is 0.0398. The largest absolute Gasteiger partial charge is 0.394 e. The number of aliphatic hydroxyl groups is 1. The lowest BCUT2D eigenvalue weighted by Crippen LogP contribution is -2.23. The van der Waals surface area contributed by atoms with Crippen LogP contribution in [0, 0.1) is 0 Å². The van der Waals surface area contributed by atoms with E-state index in [1.165, 1.54) is 83.5 Å². The van der Waals surface area contributed by atoms with Crippen LogP contribution in [0.1, 0.15) is 96.8 Å². The van der Waals surface area contributed by atoms with E-state index in [0.29, 0.717) is 39.6 Å². The van der Waals surface area contributed by atoms with E-state index in [9.17, 15) is 0 Å². The lowest BCUT2D eigenvalue weighted by molar-refractivity contribution is -0.299. The van der Waals surface area contributed by atoms with E-state index in [1.54, 1.807) is 7.11 Å². The van der Waals surface area contributed by atoms with Crippen molar-refractivity contribution in [3.05, 3.63) is 0 Å². The monoisotopic (exact) mass is 434 g/mol. The average molecular weight is 435 g/mol. The Morgan fingerprint density at radius 3 is 1.57 bits per heavy atom. The molecule has 1 N–H and O–H groups in total. The van der Waals surface area contributed by atoms with E-state index < -0.39 is 0 Å². The fourth-order valence-electron chi connectivity index (χ4n) is 3.20. The summed E-state index contributed by atoms with van der Waals surface area (Å²) in [5.41, 5.74) is 0.